The van der Waals surface area contributed by atoms with Crippen LogP contribution in [0.1, 0.15) is 71.1 Å². The smallest absolute Gasteiger partial charge is 0.306 e. The van der Waals surface area contributed by atoms with E-state index in [9.17, 15) is 14.4 Å². The van der Waals surface area contributed by atoms with Crippen molar-refractivity contribution in [2.45, 2.75) is 71.1 Å². The Morgan fingerprint density at radius 2 is 1.88 bits per heavy atom. The summed E-state index contributed by atoms with van der Waals surface area (Å²) in [6, 6.07) is 0. The maximum atomic E-state index is 12.8. The van der Waals surface area contributed by atoms with Crippen molar-refractivity contribution in [2.24, 2.45) is 34.5 Å². The molecular weight excluding hydrogens is 316 g/mol. The molecule has 1 unspecified atom stereocenters. The van der Waals surface area contributed by atoms with Gasteiger partial charge < -0.3 is 4.74 Å². The summed E-state index contributed by atoms with van der Waals surface area (Å²) in [6.07, 6.45) is 8.46. The van der Waals surface area contributed by atoms with E-state index in [1.807, 2.05) is 0 Å². The largest absolute Gasteiger partial charge is 0.469 e. The van der Waals surface area contributed by atoms with Gasteiger partial charge in [-0.15, -0.1) is 0 Å². The van der Waals surface area contributed by atoms with Crippen LogP contribution >= 0.6 is 0 Å². The highest BCUT2D eigenvalue weighted by atomic mass is 16.5. The number of fused-ring (bicyclic) bond motifs is 5. The predicted molar refractivity (Wildman–Crippen MR) is 92.7 cm³/mol. The predicted octanol–water partition coefficient (Wildman–Crippen LogP) is 3.71. The third-order valence-electron chi connectivity index (χ3n) is 8.61. The summed E-state index contributed by atoms with van der Waals surface area (Å²) in [5.74, 6) is 2.52. The first-order valence-corrected chi connectivity index (χ1v) is 10.0. The number of ether oxygens (including phenoxy) is 1. The van der Waals surface area contributed by atoms with Crippen molar-refractivity contribution in [2.75, 3.05) is 7.11 Å². The minimum atomic E-state index is -0.456. The molecule has 4 aliphatic carbocycles. The zero-order valence-electron chi connectivity index (χ0n) is 15.5. The fourth-order valence-corrected chi connectivity index (χ4v) is 7.28. The molecule has 0 aromatic rings. The average Bonchev–Trinajstić information content (AvgIpc) is 2.92. The lowest BCUT2D eigenvalue weighted by Crippen LogP contribution is -2.54. The van der Waals surface area contributed by atoms with E-state index in [4.69, 9.17) is 4.74 Å². The Balaban J connectivity index is 1.63. The summed E-state index contributed by atoms with van der Waals surface area (Å²) < 4.78 is 4.93. The summed E-state index contributed by atoms with van der Waals surface area (Å²) in [4.78, 5) is 36.8. The highest BCUT2D eigenvalue weighted by Crippen LogP contribution is 2.66. The SMILES string of the molecule is COC(=O)C[C@]12CC[C@H]3[C@@H](CCC4CC(=O)CC[C@@]43C)[C@@H]1CCC2=O. The number of carbonyl (C=O) groups is 3. The van der Waals surface area contributed by atoms with Crippen molar-refractivity contribution >= 4 is 17.5 Å². The van der Waals surface area contributed by atoms with Crippen molar-refractivity contribution in [3.63, 3.8) is 0 Å². The summed E-state index contributed by atoms with van der Waals surface area (Å²) in [7, 11) is 1.42. The molecule has 4 heteroatoms. The molecule has 0 N–H and O–H groups in total. The van der Waals surface area contributed by atoms with Crippen LogP contribution in [0.5, 0.6) is 0 Å². The van der Waals surface area contributed by atoms with Crippen molar-refractivity contribution in [3.8, 4) is 0 Å². The van der Waals surface area contributed by atoms with Gasteiger partial charge in [0.1, 0.15) is 11.6 Å². The first-order valence-electron chi connectivity index (χ1n) is 10.0. The van der Waals surface area contributed by atoms with Gasteiger partial charge >= 0.3 is 5.97 Å². The Bertz CT molecular complexity index is 611. The van der Waals surface area contributed by atoms with E-state index in [0.717, 1.165) is 51.4 Å². The molecule has 0 aromatic carbocycles. The summed E-state index contributed by atoms with van der Waals surface area (Å²) in [5.41, 5.74) is -0.207. The van der Waals surface area contributed by atoms with E-state index in [1.165, 1.54) is 7.11 Å². The molecule has 0 bridgehead atoms. The van der Waals surface area contributed by atoms with Gasteiger partial charge in [0.05, 0.1) is 13.5 Å². The van der Waals surface area contributed by atoms with Crippen molar-refractivity contribution in [1.82, 2.24) is 0 Å². The maximum absolute atomic E-state index is 12.8. The fraction of sp³-hybridized carbons (Fsp3) is 0.857. The molecule has 4 aliphatic rings. The average molecular weight is 346 g/mol. The van der Waals surface area contributed by atoms with E-state index in [-0.39, 0.29) is 17.8 Å². The van der Waals surface area contributed by atoms with Gasteiger partial charge in [-0.3, -0.25) is 14.4 Å². The van der Waals surface area contributed by atoms with Gasteiger partial charge in [-0.1, -0.05) is 6.92 Å². The normalized spacial score (nSPS) is 46.2. The lowest BCUT2D eigenvalue weighted by molar-refractivity contribution is -0.158. The molecule has 4 rings (SSSR count). The third-order valence-corrected chi connectivity index (χ3v) is 8.61. The molecule has 138 valence electrons. The fourth-order valence-electron chi connectivity index (χ4n) is 7.28. The van der Waals surface area contributed by atoms with Gasteiger partial charge in [-0.05, 0) is 67.6 Å². The van der Waals surface area contributed by atoms with Crippen LogP contribution in [-0.4, -0.2) is 24.6 Å². The molecule has 0 spiro atoms. The van der Waals surface area contributed by atoms with Crippen LogP contribution in [0, 0.1) is 34.5 Å². The molecule has 0 radical (unpaired) electrons. The quantitative estimate of drug-likeness (QED) is 0.715. The molecule has 0 amide bonds. The van der Waals surface area contributed by atoms with E-state index in [0.29, 0.717) is 41.7 Å². The van der Waals surface area contributed by atoms with Crippen LogP contribution in [0.3, 0.4) is 0 Å². The van der Waals surface area contributed by atoms with Gasteiger partial charge in [-0.25, -0.2) is 0 Å². The number of esters is 1. The number of rotatable bonds is 2. The van der Waals surface area contributed by atoms with Gasteiger partial charge in [0.15, 0.2) is 0 Å². The topological polar surface area (TPSA) is 60.4 Å². The number of Topliss-reactive ketones (excluding diaryl/α,β-unsaturated/α-hetero) is 2. The second-order valence-electron chi connectivity index (χ2n) is 9.31. The summed E-state index contributed by atoms with van der Waals surface area (Å²) in [6.45, 7) is 2.41. The number of hydrogen-bond acceptors (Lipinski definition) is 4. The van der Waals surface area contributed by atoms with Crippen molar-refractivity contribution < 1.29 is 19.1 Å². The zero-order valence-corrected chi connectivity index (χ0v) is 15.5. The molecule has 25 heavy (non-hydrogen) atoms. The second-order valence-corrected chi connectivity index (χ2v) is 9.31. The van der Waals surface area contributed by atoms with Crippen LogP contribution in [0.15, 0.2) is 0 Å². The highest BCUT2D eigenvalue weighted by Gasteiger charge is 2.62. The molecular formula is C21H30O4. The molecule has 0 saturated heterocycles. The summed E-state index contributed by atoms with van der Waals surface area (Å²) >= 11 is 0. The Hall–Kier alpha value is -1.19. The third kappa shape index (κ3) is 2.43. The molecule has 4 fully saturated rings. The van der Waals surface area contributed by atoms with E-state index < -0.39 is 5.41 Å². The standard InChI is InChI=1S/C21H30O4/c1-20-9-7-14(22)11-13(20)3-4-15-16(20)8-10-21(12-19(24)25-2)17(15)5-6-18(21)23/h13,15-17H,3-12H2,1-2H3/t13?,15-,16+,17+,20+,21-/m1/s1. The number of hydrogen-bond donors (Lipinski definition) is 0. The monoisotopic (exact) mass is 346 g/mol. The molecule has 0 aromatic heterocycles. The molecule has 0 heterocycles. The second kappa shape index (κ2) is 5.92. The van der Waals surface area contributed by atoms with E-state index in [1.54, 1.807) is 0 Å². The van der Waals surface area contributed by atoms with Gasteiger partial charge in [0.2, 0.25) is 0 Å². The first-order chi connectivity index (χ1) is 11.9. The van der Waals surface area contributed by atoms with E-state index >= 15 is 0 Å². The molecule has 0 aliphatic heterocycles. The Labute approximate surface area is 150 Å². The minimum absolute atomic E-state index is 0.234. The number of ketones is 2. The lowest BCUT2D eigenvalue weighted by atomic mass is 9.44. The lowest BCUT2D eigenvalue weighted by Gasteiger charge is -2.59. The number of carbonyl (C=O) groups excluding carboxylic acids is 3. The Morgan fingerprint density at radius 3 is 2.64 bits per heavy atom. The zero-order chi connectivity index (χ0) is 17.8. The maximum Gasteiger partial charge on any atom is 0.306 e. The van der Waals surface area contributed by atoms with Crippen molar-refractivity contribution in [1.29, 1.82) is 0 Å². The van der Waals surface area contributed by atoms with Crippen molar-refractivity contribution in [3.05, 3.63) is 0 Å². The van der Waals surface area contributed by atoms with Crippen LogP contribution in [0.2, 0.25) is 0 Å². The van der Waals surface area contributed by atoms with Gasteiger partial charge in [0, 0.05) is 24.7 Å². The van der Waals surface area contributed by atoms with Crippen LogP contribution < -0.4 is 0 Å². The van der Waals surface area contributed by atoms with Gasteiger partial charge in [-0.2, -0.15) is 0 Å². The molecule has 4 saturated carbocycles. The number of methoxy groups -OCH3 is 1. The van der Waals surface area contributed by atoms with Crippen LogP contribution in [0.25, 0.3) is 0 Å². The van der Waals surface area contributed by atoms with Crippen LogP contribution in [-0.2, 0) is 19.1 Å². The van der Waals surface area contributed by atoms with Gasteiger partial charge in [0.25, 0.3) is 0 Å². The first kappa shape index (κ1) is 17.2. The van der Waals surface area contributed by atoms with E-state index in [2.05, 4.69) is 6.92 Å². The summed E-state index contributed by atoms with van der Waals surface area (Å²) in [5, 5.41) is 0. The minimum Gasteiger partial charge on any atom is -0.469 e. The Morgan fingerprint density at radius 1 is 1.08 bits per heavy atom. The Kier molecular flexibility index (Phi) is 4.08. The molecule has 4 nitrogen and oxygen atoms in total. The molecule has 6 atom stereocenters. The van der Waals surface area contributed by atoms with Crippen LogP contribution in [0.4, 0.5) is 0 Å². The highest BCUT2D eigenvalue weighted by molar-refractivity contribution is 5.91.